The van der Waals surface area contributed by atoms with Crippen LogP contribution in [0.15, 0.2) is 24.3 Å². The molecule has 0 bridgehead atoms. The third-order valence-electron chi connectivity index (χ3n) is 3.74. The second-order valence-electron chi connectivity index (χ2n) is 6.08. The number of benzene rings is 1. The van der Waals surface area contributed by atoms with Crippen LogP contribution >= 0.6 is 0 Å². The Kier molecular flexibility index (Phi) is 5.92. The first-order valence-electron chi connectivity index (χ1n) is 7.87. The summed E-state index contributed by atoms with van der Waals surface area (Å²) in [6.07, 6.45) is -0.364. The molecule has 1 aromatic rings. The Morgan fingerprint density at radius 2 is 1.96 bits per heavy atom. The molecule has 0 aromatic heterocycles. The largest absolute Gasteiger partial charge is 0.442 e. The van der Waals surface area contributed by atoms with Gasteiger partial charge in [-0.05, 0) is 38.4 Å². The van der Waals surface area contributed by atoms with Gasteiger partial charge in [-0.1, -0.05) is 0 Å². The molecule has 1 fully saturated rings. The van der Waals surface area contributed by atoms with Crippen molar-refractivity contribution in [3.63, 3.8) is 0 Å². The van der Waals surface area contributed by atoms with Gasteiger partial charge in [0.1, 0.15) is 6.10 Å². The number of nitrogens with one attached hydrogen (secondary N) is 1. The molecule has 1 aliphatic rings. The number of ketones is 1. The van der Waals surface area contributed by atoms with Crippen LogP contribution in [-0.2, 0) is 9.53 Å². The van der Waals surface area contributed by atoms with Crippen LogP contribution < -0.4 is 10.2 Å². The smallest absolute Gasteiger partial charge is 0.414 e. The van der Waals surface area contributed by atoms with E-state index in [0.29, 0.717) is 37.3 Å². The first-order chi connectivity index (χ1) is 11.4. The quantitative estimate of drug-likeness (QED) is 0.761. The number of cyclic esters (lactones) is 1. The van der Waals surface area contributed by atoms with Crippen molar-refractivity contribution in [3.8, 4) is 0 Å². The molecule has 0 spiro atoms. The zero-order valence-corrected chi connectivity index (χ0v) is 14.2. The lowest BCUT2D eigenvalue weighted by Gasteiger charge is -2.14. The number of hydrogen-bond acceptors (Lipinski definition) is 5. The summed E-state index contributed by atoms with van der Waals surface area (Å²) in [5.74, 6) is -0.0899. The maximum absolute atomic E-state index is 12.1. The molecular formula is C17H23N3O4. The predicted octanol–water partition coefficient (Wildman–Crippen LogP) is 1.28. The Labute approximate surface area is 141 Å². The molecule has 130 valence electrons. The van der Waals surface area contributed by atoms with Gasteiger partial charge in [-0.3, -0.25) is 14.5 Å². The second-order valence-corrected chi connectivity index (χ2v) is 6.08. The normalized spacial score (nSPS) is 17.1. The number of ether oxygens (including phenoxy) is 1. The molecule has 1 aromatic carbocycles. The average molecular weight is 333 g/mol. The molecule has 2 rings (SSSR count). The van der Waals surface area contributed by atoms with Gasteiger partial charge in [0.05, 0.1) is 13.1 Å². The number of carbonyl (C=O) groups is 3. The highest BCUT2D eigenvalue weighted by Crippen LogP contribution is 2.22. The third-order valence-corrected chi connectivity index (χ3v) is 3.74. The van der Waals surface area contributed by atoms with Gasteiger partial charge < -0.3 is 15.0 Å². The van der Waals surface area contributed by atoms with E-state index in [9.17, 15) is 14.4 Å². The van der Waals surface area contributed by atoms with Crippen LogP contribution in [0.2, 0.25) is 0 Å². The van der Waals surface area contributed by atoms with Gasteiger partial charge in [-0.25, -0.2) is 4.79 Å². The molecule has 0 radical (unpaired) electrons. The molecule has 0 aliphatic carbocycles. The van der Waals surface area contributed by atoms with Crippen LogP contribution in [0.4, 0.5) is 10.5 Å². The minimum atomic E-state index is -0.447. The summed E-state index contributed by atoms with van der Waals surface area (Å²) < 4.78 is 5.22. The van der Waals surface area contributed by atoms with Gasteiger partial charge >= 0.3 is 6.09 Å². The van der Waals surface area contributed by atoms with E-state index >= 15 is 0 Å². The summed E-state index contributed by atoms with van der Waals surface area (Å²) >= 11 is 0. The Balaban J connectivity index is 1.96. The Hall–Kier alpha value is -2.41. The van der Waals surface area contributed by atoms with Gasteiger partial charge in [0.25, 0.3) is 0 Å². The number of carbonyl (C=O) groups excluding carboxylic acids is 3. The predicted molar refractivity (Wildman–Crippen MR) is 90.2 cm³/mol. The number of amides is 2. The fraction of sp³-hybridized carbons (Fsp3) is 0.471. The summed E-state index contributed by atoms with van der Waals surface area (Å²) in [6.45, 7) is 2.77. The van der Waals surface area contributed by atoms with E-state index in [1.54, 1.807) is 24.3 Å². The van der Waals surface area contributed by atoms with Crippen molar-refractivity contribution in [3.05, 3.63) is 29.8 Å². The average Bonchev–Trinajstić information content (AvgIpc) is 2.91. The van der Waals surface area contributed by atoms with Crippen molar-refractivity contribution in [2.24, 2.45) is 0 Å². The maximum Gasteiger partial charge on any atom is 0.414 e. The van der Waals surface area contributed by atoms with Crippen LogP contribution in [0.1, 0.15) is 23.7 Å². The lowest BCUT2D eigenvalue weighted by atomic mass is 10.1. The van der Waals surface area contributed by atoms with Crippen LogP contribution in [0.5, 0.6) is 0 Å². The first-order valence-corrected chi connectivity index (χ1v) is 7.87. The summed E-state index contributed by atoms with van der Waals surface area (Å²) in [7, 11) is 3.85. The summed E-state index contributed by atoms with van der Waals surface area (Å²) in [6, 6.07) is 6.93. The maximum atomic E-state index is 12.1. The lowest BCUT2D eigenvalue weighted by molar-refractivity contribution is -0.119. The topological polar surface area (TPSA) is 79.0 Å². The molecule has 1 N–H and O–H groups in total. The van der Waals surface area contributed by atoms with E-state index in [-0.39, 0.29) is 17.8 Å². The summed E-state index contributed by atoms with van der Waals surface area (Å²) in [4.78, 5) is 38.4. The highest BCUT2D eigenvalue weighted by molar-refractivity contribution is 5.97. The van der Waals surface area contributed by atoms with Crippen molar-refractivity contribution < 1.29 is 19.1 Å². The van der Waals surface area contributed by atoms with Gasteiger partial charge in [0, 0.05) is 31.1 Å². The third kappa shape index (κ3) is 4.79. The van der Waals surface area contributed by atoms with Crippen LogP contribution in [-0.4, -0.2) is 62.5 Å². The standard InChI is InChI=1S/C17H23N3O4/c1-12(21)18-10-15-11-20(17(23)24-15)14-6-4-13(5-7-14)16(22)8-9-19(2)3/h4-7,15H,8-11H2,1-3H3,(H,18,21). The number of Topliss-reactive ketones (excluding diaryl/α,β-unsaturated/α-hetero) is 1. The van der Waals surface area contributed by atoms with Gasteiger partial charge in [0.2, 0.25) is 5.91 Å². The molecule has 1 heterocycles. The van der Waals surface area contributed by atoms with Crippen LogP contribution in [0.25, 0.3) is 0 Å². The molecular weight excluding hydrogens is 310 g/mol. The molecule has 7 nitrogen and oxygen atoms in total. The highest BCUT2D eigenvalue weighted by atomic mass is 16.6. The van der Waals surface area contributed by atoms with E-state index in [1.165, 1.54) is 11.8 Å². The number of nitrogens with zero attached hydrogens (tertiary/aromatic N) is 2. The first kappa shape index (κ1) is 17.9. The minimum absolute atomic E-state index is 0.0720. The van der Waals surface area contributed by atoms with Crippen molar-refractivity contribution in [1.82, 2.24) is 10.2 Å². The molecule has 1 aliphatic heterocycles. The van der Waals surface area contributed by atoms with E-state index in [2.05, 4.69) is 5.32 Å². The molecule has 1 saturated heterocycles. The zero-order valence-electron chi connectivity index (χ0n) is 14.2. The second kappa shape index (κ2) is 7.92. The van der Waals surface area contributed by atoms with Crippen LogP contribution in [0.3, 0.4) is 0 Å². The van der Waals surface area contributed by atoms with Crippen LogP contribution in [0, 0.1) is 0 Å². The summed E-state index contributed by atoms with van der Waals surface area (Å²) in [5.41, 5.74) is 1.30. The van der Waals surface area contributed by atoms with E-state index in [1.807, 2.05) is 19.0 Å². The fourth-order valence-electron chi connectivity index (χ4n) is 2.39. The van der Waals surface area contributed by atoms with Crippen molar-refractivity contribution in [2.75, 3.05) is 38.6 Å². The van der Waals surface area contributed by atoms with E-state index < -0.39 is 6.09 Å². The molecule has 1 atom stereocenters. The van der Waals surface area contributed by atoms with Gasteiger partial charge in [0.15, 0.2) is 5.78 Å². The summed E-state index contributed by atoms with van der Waals surface area (Å²) in [5, 5.41) is 2.64. The molecule has 2 amide bonds. The molecule has 7 heteroatoms. The van der Waals surface area contributed by atoms with Gasteiger partial charge in [-0.2, -0.15) is 0 Å². The van der Waals surface area contributed by atoms with E-state index in [0.717, 1.165) is 0 Å². The van der Waals surface area contributed by atoms with Crippen molar-refractivity contribution in [1.29, 1.82) is 0 Å². The Morgan fingerprint density at radius 1 is 1.29 bits per heavy atom. The van der Waals surface area contributed by atoms with Gasteiger partial charge in [-0.15, -0.1) is 0 Å². The monoisotopic (exact) mass is 333 g/mol. The van der Waals surface area contributed by atoms with E-state index in [4.69, 9.17) is 4.74 Å². The Bertz CT molecular complexity index is 613. The van der Waals surface area contributed by atoms with Crippen molar-refractivity contribution >= 4 is 23.5 Å². The highest BCUT2D eigenvalue weighted by Gasteiger charge is 2.32. The molecule has 0 saturated carbocycles. The zero-order chi connectivity index (χ0) is 17.7. The minimum Gasteiger partial charge on any atom is -0.442 e. The lowest BCUT2D eigenvalue weighted by Crippen LogP contribution is -2.33. The number of anilines is 1. The number of rotatable bonds is 7. The SMILES string of the molecule is CC(=O)NCC1CN(c2ccc(C(=O)CCN(C)C)cc2)C(=O)O1. The molecule has 1 unspecified atom stereocenters. The molecule has 24 heavy (non-hydrogen) atoms. The Morgan fingerprint density at radius 3 is 2.54 bits per heavy atom. The van der Waals surface area contributed by atoms with Crippen molar-refractivity contribution in [2.45, 2.75) is 19.4 Å². The fourth-order valence-corrected chi connectivity index (χ4v) is 2.39. The number of hydrogen-bond donors (Lipinski definition) is 1.